The Morgan fingerprint density at radius 3 is 2.06 bits per heavy atom. The highest BCUT2D eigenvalue weighted by molar-refractivity contribution is 6.18. The zero-order valence-corrected chi connectivity index (χ0v) is 16.6. The number of para-hydroxylation sites is 1. The topological polar surface area (TPSA) is 82.2 Å². The predicted octanol–water partition coefficient (Wildman–Crippen LogP) is 4.90. The molecule has 0 unspecified atom stereocenters. The van der Waals surface area contributed by atoms with Crippen molar-refractivity contribution in [3.8, 4) is 0 Å². The lowest BCUT2D eigenvalue weighted by Crippen LogP contribution is -2.42. The number of benzene rings is 4. The van der Waals surface area contributed by atoms with Gasteiger partial charge in [0.15, 0.2) is 0 Å². The number of carbonyl (C=O) groups excluding carboxylic acids is 1. The second kappa shape index (κ2) is 7.61. The summed E-state index contributed by atoms with van der Waals surface area (Å²) in [5, 5.41) is 17.0. The maximum atomic E-state index is 13.4. The molecule has 3 N–H and O–H groups in total. The fourth-order valence-corrected chi connectivity index (χ4v) is 4.21. The normalized spacial score (nSPS) is 12.3. The lowest BCUT2D eigenvalue weighted by Gasteiger charge is -2.17. The van der Waals surface area contributed by atoms with Crippen LogP contribution in [0.3, 0.4) is 0 Å². The maximum Gasteiger partial charge on any atom is 0.326 e. The Hall–Kier alpha value is -4.12. The van der Waals surface area contributed by atoms with Crippen molar-refractivity contribution in [1.82, 2.24) is 10.3 Å². The Morgan fingerprint density at radius 2 is 1.42 bits per heavy atom. The average molecular weight is 408 g/mol. The maximum absolute atomic E-state index is 13.4. The highest BCUT2D eigenvalue weighted by Gasteiger charge is 2.24. The van der Waals surface area contributed by atoms with Crippen molar-refractivity contribution >= 4 is 44.3 Å². The number of hydrogen-bond acceptors (Lipinski definition) is 2. The van der Waals surface area contributed by atoms with Crippen molar-refractivity contribution in [2.45, 2.75) is 12.5 Å². The van der Waals surface area contributed by atoms with Crippen molar-refractivity contribution in [2.75, 3.05) is 0 Å². The lowest BCUT2D eigenvalue weighted by molar-refractivity contribution is -0.139. The highest BCUT2D eigenvalue weighted by Crippen LogP contribution is 2.28. The van der Waals surface area contributed by atoms with Crippen LogP contribution in [0, 0.1) is 0 Å². The van der Waals surface area contributed by atoms with E-state index in [0.29, 0.717) is 5.56 Å². The quantitative estimate of drug-likeness (QED) is 0.362. The number of hydrogen-bond donors (Lipinski definition) is 3. The summed E-state index contributed by atoms with van der Waals surface area (Å²) in [4.78, 5) is 28.6. The van der Waals surface area contributed by atoms with Gasteiger partial charge in [0, 0.05) is 23.5 Å². The van der Waals surface area contributed by atoms with Gasteiger partial charge in [0.1, 0.15) is 6.04 Å². The molecule has 0 fully saturated rings. The molecule has 0 aliphatic carbocycles. The summed E-state index contributed by atoms with van der Waals surface area (Å²) in [6.45, 7) is 0. The number of rotatable bonds is 5. The molecule has 0 saturated heterocycles. The van der Waals surface area contributed by atoms with Crippen molar-refractivity contribution in [3.63, 3.8) is 0 Å². The Bertz CT molecular complexity index is 1400. The van der Waals surface area contributed by atoms with E-state index in [2.05, 4.69) is 10.3 Å². The molecule has 5 rings (SSSR count). The van der Waals surface area contributed by atoms with E-state index >= 15 is 0 Å². The number of nitrogens with one attached hydrogen (secondary N) is 2. The number of carboxylic acids is 1. The molecule has 0 aliphatic heterocycles. The third-order valence-corrected chi connectivity index (χ3v) is 5.70. The van der Waals surface area contributed by atoms with E-state index in [4.69, 9.17) is 0 Å². The number of fused-ring (bicyclic) bond motifs is 3. The van der Waals surface area contributed by atoms with Gasteiger partial charge in [-0.05, 0) is 39.2 Å². The first kappa shape index (κ1) is 18.9. The second-order valence-corrected chi connectivity index (χ2v) is 7.62. The summed E-state index contributed by atoms with van der Waals surface area (Å²) in [5.74, 6) is -1.46. The van der Waals surface area contributed by atoms with Crippen LogP contribution in [0.4, 0.5) is 0 Å². The molecule has 1 aromatic heterocycles. The Labute approximate surface area is 178 Å². The molecular formula is C26H20N2O3. The van der Waals surface area contributed by atoms with E-state index in [0.717, 1.165) is 38.0 Å². The summed E-state index contributed by atoms with van der Waals surface area (Å²) in [7, 11) is 0. The number of aromatic amines is 1. The van der Waals surface area contributed by atoms with E-state index in [1.165, 1.54) is 0 Å². The number of carbonyl (C=O) groups is 2. The van der Waals surface area contributed by atoms with E-state index in [-0.39, 0.29) is 12.3 Å². The van der Waals surface area contributed by atoms with Gasteiger partial charge in [0.25, 0.3) is 5.91 Å². The first-order valence-electron chi connectivity index (χ1n) is 10.1. The molecule has 1 amide bonds. The molecule has 5 aromatic rings. The Balaban J connectivity index is 1.54. The van der Waals surface area contributed by atoms with Gasteiger partial charge in [-0.15, -0.1) is 0 Å². The third-order valence-electron chi connectivity index (χ3n) is 5.70. The van der Waals surface area contributed by atoms with E-state index in [1.54, 1.807) is 6.20 Å². The Kier molecular flexibility index (Phi) is 4.64. The summed E-state index contributed by atoms with van der Waals surface area (Å²) in [5.41, 5.74) is 2.29. The molecule has 4 aromatic carbocycles. The average Bonchev–Trinajstić information content (AvgIpc) is 3.19. The largest absolute Gasteiger partial charge is 0.480 e. The van der Waals surface area contributed by atoms with Crippen LogP contribution < -0.4 is 5.32 Å². The predicted molar refractivity (Wildman–Crippen MR) is 122 cm³/mol. The first-order chi connectivity index (χ1) is 15.1. The minimum Gasteiger partial charge on any atom is -0.480 e. The molecule has 0 bridgehead atoms. The minimum absolute atomic E-state index is 0.188. The van der Waals surface area contributed by atoms with Crippen LogP contribution in [-0.2, 0) is 11.2 Å². The zero-order valence-electron chi connectivity index (χ0n) is 16.6. The van der Waals surface area contributed by atoms with E-state index in [1.807, 2.05) is 78.9 Å². The van der Waals surface area contributed by atoms with Gasteiger partial charge in [0.05, 0.1) is 5.56 Å². The number of amides is 1. The van der Waals surface area contributed by atoms with Crippen molar-refractivity contribution in [1.29, 1.82) is 0 Å². The van der Waals surface area contributed by atoms with E-state index in [9.17, 15) is 14.7 Å². The summed E-state index contributed by atoms with van der Waals surface area (Å²) in [6.07, 6.45) is 1.99. The number of H-pyrrole nitrogens is 1. The molecule has 152 valence electrons. The zero-order chi connectivity index (χ0) is 21.4. The highest BCUT2D eigenvalue weighted by atomic mass is 16.4. The molecule has 0 aliphatic rings. The van der Waals surface area contributed by atoms with E-state index < -0.39 is 12.0 Å². The molecule has 0 spiro atoms. The van der Waals surface area contributed by atoms with Crippen LogP contribution in [0.5, 0.6) is 0 Å². The molecule has 1 heterocycles. The van der Waals surface area contributed by atoms with Crippen molar-refractivity contribution < 1.29 is 14.7 Å². The third kappa shape index (κ3) is 3.40. The summed E-state index contributed by atoms with van der Waals surface area (Å²) < 4.78 is 0. The van der Waals surface area contributed by atoms with Gasteiger partial charge < -0.3 is 15.4 Å². The molecule has 5 nitrogen and oxygen atoms in total. The number of aliphatic carboxylic acids is 1. The van der Waals surface area contributed by atoms with Gasteiger partial charge in [-0.2, -0.15) is 0 Å². The monoisotopic (exact) mass is 408 g/mol. The summed E-state index contributed by atoms with van der Waals surface area (Å²) in [6, 6.07) is 24.0. The van der Waals surface area contributed by atoms with Gasteiger partial charge in [0.2, 0.25) is 0 Å². The molecule has 1 atom stereocenters. The van der Waals surface area contributed by atoms with Crippen molar-refractivity contribution in [2.24, 2.45) is 0 Å². The van der Waals surface area contributed by atoms with Crippen LogP contribution in [0.25, 0.3) is 32.4 Å². The molecule has 31 heavy (non-hydrogen) atoms. The van der Waals surface area contributed by atoms with Gasteiger partial charge in [-0.25, -0.2) is 4.79 Å². The minimum atomic E-state index is -1.07. The van der Waals surface area contributed by atoms with Gasteiger partial charge in [-0.1, -0.05) is 66.7 Å². The molecule has 0 saturated carbocycles. The fourth-order valence-electron chi connectivity index (χ4n) is 4.21. The SMILES string of the molecule is O=C(N[C@H](Cc1c[nH]c2ccccc12)C(=O)O)c1c2ccccc2cc2ccccc12. The Morgan fingerprint density at radius 1 is 0.839 bits per heavy atom. The molecule has 5 heteroatoms. The lowest BCUT2D eigenvalue weighted by atomic mass is 9.95. The second-order valence-electron chi connectivity index (χ2n) is 7.62. The fraction of sp³-hybridized carbons (Fsp3) is 0.0769. The molecular weight excluding hydrogens is 388 g/mol. The number of aromatic nitrogens is 1. The van der Waals surface area contributed by atoms with Gasteiger partial charge >= 0.3 is 5.97 Å². The van der Waals surface area contributed by atoms with Gasteiger partial charge in [-0.3, -0.25) is 4.79 Å². The van der Waals surface area contributed by atoms with Crippen LogP contribution >= 0.6 is 0 Å². The van der Waals surface area contributed by atoms with Crippen LogP contribution in [0.1, 0.15) is 15.9 Å². The van der Waals surface area contributed by atoms with Crippen LogP contribution in [0.2, 0.25) is 0 Å². The number of carboxylic acid groups (broad SMARTS) is 1. The van der Waals surface area contributed by atoms with Crippen molar-refractivity contribution in [3.05, 3.63) is 96.2 Å². The molecule has 0 radical (unpaired) electrons. The first-order valence-corrected chi connectivity index (χ1v) is 10.1. The van der Waals surface area contributed by atoms with Crippen LogP contribution in [0.15, 0.2) is 85.1 Å². The standard InChI is InChI=1S/C26H20N2O3/c29-25(24-20-10-3-1-7-16(20)13-17-8-2-4-11-21(17)24)28-23(26(30)31)14-18-15-27-22-12-6-5-9-19(18)22/h1-13,15,23,27H,14H2,(H,28,29)(H,30,31)/t23-/m1/s1. The summed E-state index contributed by atoms with van der Waals surface area (Å²) >= 11 is 0. The van der Waals surface area contributed by atoms with Crippen LogP contribution in [-0.4, -0.2) is 28.0 Å². The smallest absolute Gasteiger partial charge is 0.326 e.